The minimum Gasteiger partial charge on any atom is -0.480 e. The maximum atomic E-state index is 11.0. The SMILES string of the molecule is CCn1cnc(Cl)c1C(C)(C)C(N)C(=O)O. The lowest BCUT2D eigenvalue weighted by Crippen LogP contribution is -2.47. The van der Waals surface area contributed by atoms with Crippen LogP contribution in [0.5, 0.6) is 0 Å². The fourth-order valence-electron chi connectivity index (χ4n) is 1.69. The summed E-state index contributed by atoms with van der Waals surface area (Å²) < 4.78 is 1.81. The van der Waals surface area contributed by atoms with Crippen LogP contribution in [0.3, 0.4) is 0 Å². The molecule has 0 aliphatic heterocycles. The van der Waals surface area contributed by atoms with Crippen molar-refractivity contribution in [3.63, 3.8) is 0 Å². The second kappa shape index (κ2) is 4.43. The van der Waals surface area contributed by atoms with Crippen LogP contribution < -0.4 is 5.73 Å². The van der Waals surface area contributed by atoms with Gasteiger partial charge in [-0.15, -0.1) is 0 Å². The highest BCUT2D eigenvalue weighted by molar-refractivity contribution is 6.30. The highest BCUT2D eigenvalue weighted by atomic mass is 35.5. The summed E-state index contributed by atoms with van der Waals surface area (Å²) in [6, 6.07) is -1.02. The van der Waals surface area contributed by atoms with E-state index in [1.165, 1.54) is 0 Å². The maximum absolute atomic E-state index is 11.0. The molecule has 0 aliphatic carbocycles. The first-order valence-corrected chi connectivity index (χ1v) is 5.39. The van der Waals surface area contributed by atoms with Gasteiger partial charge in [0.2, 0.25) is 0 Å². The zero-order valence-electron chi connectivity index (χ0n) is 9.57. The molecule has 3 N–H and O–H groups in total. The van der Waals surface area contributed by atoms with Crippen molar-refractivity contribution in [1.29, 1.82) is 0 Å². The Morgan fingerprint density at radius 1 is 1.75 bits per heavy atom. The lowest BCUT2D eigenvalue weighted by Gasteiger charge is -2.29. The first kappa shape index (κ1) is 13.0. The molecule has 1 atom stereocenters. The lowest BCUT2D eigenvalue weighted by molar-refractivity contribution is -0.140. The monoisotopic (exact) mass is 245 g/mol. The summed E-state index contributed by atoms with van der Waals surface area (Å²) in [5, 5.41) is 9.28. The Morgan fingerprint density at radius 2 is 2.31 bits per heavy atom. The highest BCUT2D eigenvalue weighted by Gasteiger charge is 2.38. The molecule has 1 unspecified atom stereocenters. The van der Waals surface area contributed by atoms with Crippen molar-refractivity contribution >= 4 is 17.6 Å². The molecule has 0 amide bonds. The van der Waals surface area contributed by atoms with E-state index in [2.05, 4.69) is 4.98 Å². The van der Waals surface area contributed by atoms with Crippen LogP contribution in [0.1, 0.15) is 26.5 Å². The number of halogens is 1. The third kappa shape index (κ3) is 2.05. The predicted octanol–water partition coefficient (Wildman–Crippen LogP) is 1.25. The van der Waals surface area contributed by atoms with Gasteiger partial charge in [-0.2, -0.15) is 0 Å². The molecule has 1 aromatic rings. The number of rotatable bonds is 4. The van der Waals surface area contributed by atoms with Crippen LogP contribution in [0, 0.1) is 0 Å². The average molecular weight is 246 g/mol. The first-order chi connectivity index (χ1) is 7.32. The van der Waals surface area contributed by atoms with Crippen molar-refractivity contribution in [3.05, 3.63) is 17.2 Å². The van der Waals surface area contributed by atoms with E-state index in [0.717, 1.165) is 0 Å². The molecule has 0 radical (unpaired) electrons. The summed E-state index contributed by atoms with van der Waals surface area (Å²) in [7, 11) is 0. The number of hydrogen-bond acceptors (Lipinski definition) is 3. The van der Waals surface area contributed by atoms with E-state index in [9.17, 15) is 4.79 Å². The number of nitrogens with two attached hydrogens (primary N) is 1. The Morgan fingerprint density at radius 3 is 2.75 bits per heavy atom. The van der Waals surface area contributed by atoms with Gasteiger partial charge < -0.3 is 15.4 Å². The minimum absolute atomic E-state index is 0.309. The highest BCUT2D eigenvalue weighted by Crippen LogP contribution is 2.31. The minimum atomic E-state index is -1.05. The Bertz CT molecular complexity index is 401. The number of aromatic nitrogens is 2. The molecule has 0 aromatic carbocycles. The maximum Gasteiger partial charge on any atom is 0.321 e. The van der Waals surface area contributed by atoms with Crippen LogP contribution in [0.2, 0.25) is 5.15 Å². The van der Waals surface area contributed by atoms with Crippen LogP contribution in [-0.2, 0) is 16.8 Å². The zero-order chi connectivity index (χ0) is 12.5. The fraction of sp³-hybridized carbons (Fsp3) is 0.600. The predicted molar refractivity (Wildman–Crippen MR) is 61.5 cm³/mol. The standard InChI is InChI=1S/C10H16ClN3O2/c1-4-14-5-13-8(11)7(14)10(2,3)6(12)9(15)16/h5-6H,4,12H2,1-3H3,(H,15,16). The summed E-state index contributed by atoms with van der Waals surface area (Å²) in [4.78, 5) is 14.9. The molecule has 5 nitrogen and oxygen atoms in total. The molecule has 16 heavy (non-hydrogen) atoms. The largest absolute Gasteiger partial charge is 0.480 e. The molecule has 1 aromatic heterocycles. The van der Waals surface area contributed by atoms with E-state index in [4.69, 9.17) is 22.4 Å². The topological polar surface area (TPSA) is 81.1 Å². The van der Waals surface area contributed by atoms with Crippen molar-refractivity contribution in [2.75, 3.05) is 0 Å². The Kier molecular flexibility index (Phi) is 3.60. The Balaban J connectivity index is 3.25. The molecule has 6 heteroatoms. The van der Waals surface area contributed by atoms with Gasteiger partial charge in [0.25, 0.3) is 0 Å². The van der Waals surface area contributed by atoms with Crippen molar-refractivity contribution in [2.24, 2.45) is 5.73 Å². The van der Waals surface area contributed by atoms with Gasteiger partial charge >= 0.3 is 5.97 Å². The third-order valence-corrected chi connectivity index (χ3v) is 3.06. The van der Waals surface area contributed by atoms with E-state index < -0.39 is 17.4 Å². The summed E-state index contributed by atoms with van der Waals surface area (Å²) in [6.07, 6.45) is 1.59. The first-order valence-electron chi connectivity index (χ1n) is 5.01. The lowest BCUT2D eigenvalue weighted by atomic mass is 9.81. The molecule has 0 spiro atoms. The quantitative estimate of drug-likeness (QED) is 0.837. The molecule has 1 heterocycles. The number of aryl methyl sites for hydroxylation is 1. The van der Waals surface area contributed by atoms with E-state index in [-0.39, 0.29) is 0 Å². The molecule has 90 valence electrons. The zero-order valence-corrected chi connectivity index (χ0v) is 10.3. The van der Waals surface area contributed by atoms with Crippen molar-refractivity contribution in [2.45, 2.75) is 38.8 Å². The fourth-order valence-corrected chi connectivity index (χ4v) is 2.09. The van der Waals surface area contributed by atoms with Gasteiger partial charge in [-0.25, -0.2) is 4.98 Å². The van der Waals surface area contributed by atoms with Gasteiger partial charge in [-0.05, 0) is 6.92 Å². The smallest absolute Gasteiger partial charge is 0.321 e. The number of nitrogens with zero attached hydrogens (tertiary/aromatic N) is 2. The number of hydrogen-bond donors (Lipinski definition) is 2. The van der Waals surface area contributed by atoms with E-state index in [1.54, 1.807) is 20.2 Å². The Hall–Kier alpha value is -1.07. The molecule has 0 bridgehead atoms. The van der Waals surface area contributed by atoms with Gasteiger partial charge in [-0.3, -0.25) is 4.79 Å². The number of carboxylic acids is 1. The second-order valence-electron chi connectivity index (χ2n) is 4.21. The summed E-state index contributed by atoms with van der Waals surface area (Å²) in [6.45, 7) is 6.11. The molecule has 0 fully saturated rings. The van der Waals surface area contributed by atoms with Gasteiger partial charge in [0, 0.05) is 12.0 Å². The molecule has 1 rings (SSSR count). The number of aliphatic carboxylic acids is 1. The molecule has 0 saturated heterocycles. The van der Waals surface area contributed by atoms with Crippen LogP contribution in [0.15, 0.2) is 6.33 Å². The van der Waals surface area contributed by atoms with Gasteiger partial charge in [0.15, 0.2) is 5.15 Å². The average Bonchev–Trinajstić information content (AvgIpc) is 2.58. The molecule has 0 saturated carbocycles. The summed E-state index contributed by atoms with van der Waals surface area (Å²) in [5.41, 5.74) is 5.57. The van der Waals surface area contributed by atoms with Crippen molar-refractivity contribution in [3.8, 4) is 0 Å². The van der Waals surface area contributed by atoms with Crippen molar-refractivity contribution < 1.29 is 9.90 Å². The van der Waals surface area contributed by atoms with Gasteiger partial charge in [0.05, 0.1) is 12.0 Å². The summed E-state index contributed by atoms with van der Waals surface area (Å²) in [5.74, 6) is -1.05. The van der Waals surface area contributed by atoms with E-state index in [0.29, 0.717) is 17.4 Å². The number of carboxylic acid groups (broad SMARTS) is 1. The van der Waals surface area contributed by atoms with Gasteiger partial charge in [0.1, 0.15) is 6.04 Å². The molecule has 0 aliphatic rings. The molecular formula is C10H16ClN3O2. The van der Waals surface area contributed by atoms with Crippen LogP contribution in [-0.4, -0.2) is 26.7 Å². The van der Waals surface area contributed by atoms with E-state index in [1.807, 2.05) is 11.5 Å². The number of imidazole rings is 1. The van der Waals surface area contributed by atoms with E-state index >= 15 is 0 Å². The third-order valence-electron chi connectivity index (χ3n) is 2.79. The van der Waals surface area contributed by atoms with Crippen LogP contribution in [0.4, 0.5) is 0 Å². The van der Waals surface area contributed by atoms with Gasteiger partial charge in [-0.1, -0.05) is 25.4 Å². The van der Waals surface area contributed by atoms with Crippen LogP contribution in [0.25, 0.3) is 0 Å². The normalized spacial score (nSPS) is 13.8. The summed E-state index contributed by atoms with van der Waals surface area (Å²) >= 11 is 5.98. The Labute approximate surface area is 99.2 Å². The second-order valence-corrected chi connectivity index (χ2v) is 4.57. The molecular weight excluding hydrogens is 230 g/mol. The van der Waals surface area contributed by atoms with Crippen molar-refractivity contribution in [1.82, 2.24) is 9.55 Å². The van der Waals surface area contributed by atoms with Crippen LogP contribution >= 0.6 is 11.6 Å². The number of carbonyl (C=O) groups is 1.